The van der Waals surface area contributed by atoms with Crippen LogP contribution in [0.2, 0.25) is 0 Å². The lowest BCUT2D eigenvalue weighted by atomic mass is 10.1. The molecule has 2 aromatic rings. The minimum atomic E-state index is 0.0199. The highest BCUT2D eigenvalue weighted by atomic mass is 16.2. The fourth-order valence-corrected chi connectivity index (χ4v) is 2.77. The Morgan fingerprint density at radius 2 is 1.92 bits per heavy atom. The van der Waals surface area contributed by atoms with Crippen LogP contribution in [0.4, 0.5) is 4.79 Å². The number of carbonyl (C=O) groups is 1. The molecule has 1 heterocycles. The lowest BCUT2D eigenvalue weighted by Gasteiger charge is -2.27. The third kappa shape index (κ3) is 5.66. The Kier molecular flexibility index (Phi) is 7.11. The molecule has 0 atom stereocenters. The first-order valence-corrected chi connectivity index (χ1v) is 9.25. The molecule has 2 rings (SSSR count). The van der Waals surface area contributed by atoms with E-state index in [-0.39, 0.29) is 12.1 Å². The Morgan fingerprint density at radius 3 is 2.56 bits per heavy atom. The first-order chi connectivity index (χ1) is 12.0. The molecule has 0 saturated carbocycles. The van der Waals surface area contributed by atoms with Crippen LogP contribution in [0.3, 0.4) is 0 Å². The van der Waals surface area contributed by atoms with Crippen molar-refractivity contribution in [1.29, 1.82) is 0 Å². The summed E-state index contributed by atoms with van der Waals surface area (Å²) >= 11 is 0. The summed E-state index contributed by atoms with van der Waals surface area (Å²) in [6.07, 6.45) is 4.19. The third-order valence-electron chi connectivity index (χ3n) is 4.42. The van der Waals surface area contributed by atoms with E-state index >= 15 is 0 Å². The van der Waals surface area contributed by atoms with Gasteiger partial charge in [0.25, 0.3) is 0 Å². The van der Waals surface area contributed by atoms with Crippen molar-refractivity contribution >= 4 is 6.03 Å². The molecule has 136 valence electrons. The monoisotopic (exact) mass is 341 g/mol. The number of aromatic nitrogens is 1. The van der Waals surface area contributed by atoms with Crippen molar-refractivity contribution in [2.75, 3.05) is 6.54 Å². The summed E-state index contributed by atoms with van der Waals surface area (Å²) in [5.74, 6) is 0. The Labute approximate surface area is 151 Å². The van der Waals surface area contributed by atoms with E-state index in [1.807, 2.05) is 4.90 Å². The summed E-state index contributed by atoms with van der Waals surface area (Å²) in [6.45, 7) is 10.5. The number of rotatable bonds is 8. The molecule has 0 unspecified atom stereocenters. The molecule has 0 saturated heterocycles. The molecule has 0 aliphatic rings. The molecule has 1 aromatic carbocycles. The normalized spacial score (nSPS) is 10.9. The van der Waals surface area contributed by atoms with Crippen molar-refractivity contribution in [2.45, 2.75) is 59.7 Å². The van der Waals surface area contributed by atoms with Crippen LogP contribution in [0, 0.1) is 6.92 Å². The van der Waals surface area contributed by atoms with Crippen LogP contribution < -0.4 is 5.32 Å². The van der Waals surface area contributed by atoms with E-state index in [0.717, 1.165) is 31.6 Å². The maximum Gasteiger partial charge on any atom is 0.317 e. The highest BCUT2D eigenvalue weighted by Crippen LogP contribution is 2.13. The average Bonchev–Trinajstić information content (AvgIpc) is 3.01. The zero-order valence-corrected chi connectivity index (χ0v) is 16.0. The second-order valence-electron chi connectivity index (χ2n) is 6.92. The number of unbranched alkanes of at least 4 members (excludes halogenated alkanes) is 1. The minimum absolute atomic E-state index is 0.0199. The van der Waals surface area contributed by atoms with Gasteiger partial charge in [0.05, 0.1) is 6.54 Å². The van der Waals surface area contributed by atoms with Crippen LogP contribution in [-0.4, -0.2) is 28.1 Å². The average molecular weight is 341 g/mol. The molecule has 0 aliphatic carbocycles. The molecule has 0 fully saturated rings. The highest BCUT2D eigenvalue weighted by Gasteiger charge is 2.18. The van der Waals surface area contributed by atoms with E-state index in [1.54, 1.807) is 0 Å². The van der Waals surface area contributed by atoms with Crippen LogP contribution in [0.5, 0.6) is 0 Å². The number of urea groups is 1. The van der Waals surface area contributed by atoms with Gasteiger partial charge in [-0.25, -0.2) is 4.79 Å². The van der Waals surface area contributed by atoms with Gasteiger partial charge in [-0.2, -0.15) is 0 Å². The zero-order valence-electron chi connectivity index (χ0n) is 16.0. The van der Waals surface area contributed by atoms with Gasteiger partial charge < -0.3 is 14.8 Å². The van der Waals surface area contributed by atoms with Crippen molar-refractivity contribution in [3.63, 3.8) is 0 Å². The highest BCUT2D eigenvalue weighted by molar-refractivity contribution is 5.74. The van der Waals surface area contributed by atoms with Crippen LogP contribution in [0.1, 0.15) is 50.4 Å². The lowest BCUT2D eigenvalue weighted by Crippen LogP contribution is -2.44. The topological polar surface area (TPSA) is 37.3 Å². The van der Waals surface area contributed by atoms with Crippen LogP contribution in [0.15, 0.2) is 42.6 Å². The Hall–Kier alpha value is -2.23. The van der Waals surface area contributed by atoms with Crippen LogP contribution in [0.25, 0.3) is 0 Å². The van der Waals surface area contributed by atoms with E-state index in [1.165, 1.54) is 11.1 Å². The van der Waals surface area contributed by atoms with Crippen LogP contribution >= 0.6 is 0 Å². The lowest BCUT2D eigenvalue weighted by molar-refractivity contribution is 0.178. The van der Waals surface area contributed by atoms with Gasteiger partial charge in [-0.15, -0.1) is 0 Å². The largest absolute Gasteiger partial charge is 0.345 e. The number of nitrogens with zero attached hydrogens (tertiary/aromatic N) is 2. The number of hydrogen-bond acceptors (Lipinski definition) is 1. The molecule has 1 aromatic heterocycles. The molecule has 1 N–H and O–H groups in total. The van der Waals surface area contributed by atoms with Gasteiger partial charge in [-0.3, -0.25) is 0 Å². The van der Waals surface area contributed by atoms with E-state index in [4.69, 9.17) is 0 Å². The Morgan fingerprint density at radius 1 is 1.20 bits per heavy atom. The fourth-order valence-electron chi connectivity index (χ4n) is 2.77. The van der Waals surface area contributed by atoms with Crippen molar-refractivity contribution < 1.29 is 4.79 Å². The van der Waals surface area contributed by atoms with E-state index in [2.05, 4.69) is 80.2 Å². The first kappa shape index (κ1) is 19.1. The van der Waals surface area contributed by atoms with Gasteiger partial charge in [0.1, 0.15) is 0 Å². The summed E-state index contributed by atoms with van der Waals surface area (Å²) in [5.41, 5.74) is 3.69. The predicted octanol–water partition coefficient (Wildman–Crippen LogP) is 4.56. The van der Waals surface area contributed by atoms with Gasteiger partial charge in [0.15, 0.2) is 0 Å². The molecule has 2 amide bonds. The summed E-state index contributed by atoms with van der Waals surface area (Å²) in [7, 11) is 0. The fraction of sp³-hybridized carbons (Fsp3) is 0.476. The Bertz CT molecular complexity index is 658. The second-order valence-corrected chi connectivity index (χ2v) is 6.92. The number of aryl methyl sites for hydroxylation is 1. The molecule has 0 spiro atoms. The minimum Gasteiger partial charge on any atom is -0.345 e. The van der Waals surface area contributed by atoms with Crippen LogP contribution in [-0.2, 0) is 13.1 Å². The molecule has 0 aliphatic heterocycles. The maximum atomic E-state index is 12.5. The van der Waals surface area contributed by atoms with Gasteiger partial charge >= 0.3 is 6.03 Å². The standard InChI is InChI=1S/C21H31N3O/c1-5-6-13-22-21(25)24(17(2)3)16-20-8-7-14-23(20)15-19-11-9-18(4)10-12-19/h7-12,14,17H,5-6,13,15-16H2,1-4H3,(H,22,25). The second kappa shape index (κ2) is 9.30. The van der Waals surface area contributed by atoms with Crippen molar-refractivity contribution in [3.8, 4) is 0 Å². The maximum absolute atomic E-state index is 12.5. The van der Waals surface area contributed by atoms with E-state index in [9.17, 15) is 4.79 Å². The van der Waals surface area contributed by atoms with Crippen molar-refractivity contribution in [2.24, 2.45) is 0 Å². The van der Waals surface area contributed by atoms with Gasteiger partial charge in [0, 0.05) is 31.0 Å². The number of carbonyl (C=O) groups excluding carboxylic acids is 1. The molecule has 0 radical (unpaired) electrons. The zero-order chi connectivity index (χ0) is 18.2. The van der Waals surface area contributed by atoms with Gasteiger partial charge in [-0.1, -0.05) is 43.2 Å². The number of nitrogens with one attached hydrogen (secondary N) is 1. The number of hydrogen-bond donors (Lipinski definition) is 1. The third-order valence-corrected chi connectivity index (χ3v) is 4.42. The van der Waals surface area contributed by atoms with E-state index in [0.29, 0.717) is 6.54 Å². The molecule has 0 bridgehead atoms. The molecule has 25 heavy (non-hydrogen) atoms. The summed E-state index contributed by atoms with van der Waals surface area (Å²) < 4.78 is 2.22. The summed E-state index contributed by atoms with van der Waals surface area (Å²) in [5, 5.41) is 3.03. The molecule has 4 nitrogen and oxygen atoms in total. The Balaban J connectivity index is 2.06. The molecule has 4 heteroatoms. The van der Waals surface area contributed by atoms with Crippen molar-refractivity contribution in [3.05, 3.63) is 59.4 Å². The van der Waals surface area contributed by atoms with Gasteiger partial charge in [0.2, 0.25) is 0 Å². The molecular formula is C21H31N3O. The number of benzene rings is 1. The SMILES string of the molecule is CCCCNC(=O)N(Cc1cccn1Cc1ccc(C)cc1)C(C)C. The first-order valence-electron chi connectivity index (χ1n) is 9.25. The summed E-state index contributed by atoms with van der Waals surface area (Å²) in [6, 6.07) is 12.9. The predicted molar refractivity (Wildman–Crippen MR) is 104 cm³/mol. The molecular weight excluding hydrogens is 310 g/mol. The van der Waals surface area contributed by atoms with Crippen molar-refractivity contribution in [1.82, 2.24) is 14.8 Å². The number of amides is 2. The summed E-state index contributed by atoms with van der Waals surface area (Å²) in [4.78, 5) is 14.4. The van der Waals surface area contributed by atoms with E-state index < -0.39 is 0 Å². The smallest absolute Gasteiger partial charge is 0.317 e. The quantitative estimate of drug-likeness (QED) is 0.702. The van der Waals surface area contributed by atoms with Gasteiger partial charge in [-0.05, 0) is 44.9 Å².